The number of para-hydroxylation sites is 1. The number of nitrogens with one attached hydrogen (secondary N) is 1. The minimum Gasteiger partial charge on any atom is -0.459 e. The van der Waals surface area contributed by atoms with Gasteiger partial charge in [-0.05, 0) is 48.4 Å². The molecule has 1 N–H and O–H groups in total. The highest BCUT2D eigenvalue weighted by Gasteiger charge is 2.27. The van der Waals surface area contributed by atoms with Gasteiger partial charge in [0.05, 0.1) is 6.26 Å². The Kier molecular flexibility index (Phi) is 5.56. The normalized spacial score (nSPS) is 15.3. The second-order valence-corrected chi connectivity index (χ2v) is 8.10. The van der Waals surface area contributed by atoms with Gasteiger partial charge in [-0.15, -0.1) is 0 Å². The highest BCUT2D eigenvalue weighted by atomic mass is 16.3. The number of carbonyl (C=O) groups is 3. The molecule has 0 saturated carbocycles. The molecule has 0 spiro atoms. The molecule has 8 heteroatoms. The van der Waals surface area contributed by atoms with Gasteiger partial charge in [-0.2, -0.15) is 0 Å². The molecule has 8 nitrogen and oxygen atoms in total. The Labute approximate surface area is 191 Å². The lowest BCUT2D eigenvalue weighted by molar-refractivity contribution is 0.0640. The maximum atomic E-state index is 13.1. The molecule has 0 radical (unpaired) electrons. The SMILES string of the molecule is O=C(Nc1cccc(C(=O)N2CCc3ccccc32)c1)N1CCN(C(=O)c2ccco2)CC1. The van der Waals surface area contributed by atoms with Crippen molar-refractivity contribution in [2.45, 2.75) is 6.42 Å². The van der Waals surface area contributed by atoms with Crippen LogP contribution in [0.2, 0.25) is 0 Å². The summed E-state index contributed by atoms with van der Waals surface area (Å²) in [7, 11) is 0. The van der Waals surface area contributed by atoms with E-state index in [4.69, 9.17) is 4.42 Å². The largest absolute Gasteiger partial charge is 0.459 e. The average molecular weight is 444 g/mol. The molecule has 0 aliphatic carbocycles. The summed E-state index contributed by atoms with van der Waals surface area (Å²) in [6.45, 7) is 2.35. The average Bonchev–Trinajstić information content (AvgIpc) is 3.54. The number of piperazine rings is 1. The van der Waals surface area contributed by atoms with E-state index in [1.807, 2.05) is 24.3 Å². The Hall–Kier alpha value is -4.07. The van der Waals surface area contributed by atoms with Gasteiger partial charge < -0.3 is 24.4 Å². The van der Waals surface area contributed by atoms with E-state index in [0.717, 1.165) is 12.1 Å². The Balaban J connectivity index is 1.20. The molecule has 1 aromatic heterocycles. The van der Waals surface area contributed by atoms with Gasteiger partial charge in [0.15, 0.2) is 5.76 Å². The zero-order chi connectivity index (χ0) is 22.8. The van der Waals surface area contributed by atoms with Crippen molar-refractivity contribution in [1.29, 1.82) is 0 Å². The lowest BCUT2D eigenvalue weighted by Gasteiger charge is -2.34. The monoisotopic (exact) mass is 444 g/mol. The fraction of sp³-hybridized carbons (Fsp3) is 0.240. The Morgan fingerprint density at radius 3 is 2.36 bits per heavy atom. The van der Waals surface area contributed by atoms with Crippen LogP contribution < -0.4 is 10.2 Å². The topological polar surface area (TPSA) is 86.1 Å². The van der Waals surface area contributed by atoms with Crippen LogP contribution in [-0.4, -0.2) is 60.4 Å². The minimum atomic E-state index is -0.254. The van der Waals surface area contributed by atoms with Crippen LogP contribution in [0.1, 0.15) is 26.5 Å². The second kappa shape index (κ2) is 8.82. The van der Waals surface area contributed by atoms with Crippen LogP contribution in [0.3, 0.4) is 0 Å². The molecule has 0 bridgehead atoms. The van der Waals surface area contributed by atoms with E-state index in [1.165, 1.54) is 11.8 Å². The van der Waals surface area contributed by atoms with E-state index in [1.54, 1.807) is 51.1 Å². The van der Waals surface area contributed by atoms with E-state index < -0.39 is 0 Å². The molecule has 2 aliphatic heterocycles. The van der Waals surface area contributed by atoms with E-state index in [-0.39, 0.29) is 17.8 Å². The predicted molar refractivity (Wildman–Crippen MR) is 123 cm³/mol. The van der Waals surface area contributed by atoms with Gasteiger partial charge >= 0.3 is 6.03 Å². The van der Waals surface area contributed by atoms with Crippen LogP contribution in [0.15, 0.2) is 71.3 Å². The molecule has 1 fully saturated rings. The first-order chi connectivity index (χ1) is 16.1. The zero-order valence-electron chi connectivity index (χ0n) is 18.1. The molecule has 3 aromatic rings. The number of fused-ring (bicyclic) bond motifs is 1. The number of rotatable bonds is 3. The summed E-state index contributed by atoms with van der Waals surface area (Å²) >= 11 is 0. The molecule has 4 amide bonds. The van der Waals surface area contributed by atoms with Crippen LogP contribution in [0.5, 0.6) is 0 Å². The first-order valence-corrected chi connectivity index (χ1v) is 11.0. The maximum Gasteiger partial charge on any atom is 0.321 e. The number of hydrogen-bond donors (Lipinski definition) is 1. The molecule has 0 atom stereocenters. The van der Waals surface area contributed by atoms with Crippen molar-refractivity contribution in [1.82, 2.24) is 9.80 Å². The molecule has 1 saturated heterocycles. The van der Waals surface area contributed by atoms with Crippen molar-refractivity contribution in [2.24, 2.45) is 0 Å². The van der Waals surface area contributed by atoms with E-state index in [2.05, 4.69) is 5.32 Å². The Morgan fingerprint density at radius 2 is 1.58 bits per heavy atom. The summed E-state index contributed by atoms with van der Waals surface area (Å²) in [4.78, 5) is 43.4. The highest BCUT2D eigenvalue weighted by molar-refractivity contribution is 6.08. The van der Waals surface area contributed by atoms with Crippen LogP contribution in [0.4, 0.5) is 16.2 Å². The maximum absolute atomic E-state index is 13.1. The number of benzene rings is 2. The summed E-state index contributed by atoms with van der Waals surface area (Å²) in [6.07, 6.45) is 2.31. The number of furan rings is 1. The zero-order valence-corrected chi connectivity index (χ0v) is 18.1. The van der Waals surface area contributed by atoms with Gasteiger partial charge in [0, 0.05) is 49.7 Å². The summed E-state index contributed by atoms with van der Waals surface area (Å²) in [5, 5.41) is 2.88. The molecule has 5 rings (SSSR count). The Bertz CT molecular complexity index is 1180. The Morgan fingerprint density at radius 1 is 0.788 bits per heavy atom. The van der Waals surface area contributed by atoms with Crippen molar-refractivity contribution in [3.05, 3.63) is 83.8 Å². The summed E-state index contributed by atoms with van der Waals surface area (Å²) in [5.41, 5.74) is 3.20. The van der Waals surface area contributed by atoms with Crippen molar-refractivity contribution in [3.8, 4) is 0 Å². The minimum absolute atomic E-state index is 0.0823. The van der Waals surface area contributed by atoms with Gasteiger partial charge in [-0.1, -0.05) is 24.3 Å². The van der Waals surface area contributed by atoms with E-state index in [0.29, 0.717) is 49.7 Å². The van der Waals surface area contributed by atoms with Gasteiger partial charge in [0.25, 0.3) is 11.8 Å². The number of carbonyl (C=O) groups excluding carboxylic acids is 3. The third-order valence-electron chi connectivity index (χ3n) is 6.08. The third-order valence-corrected chi connectivity index (χ3v) is 6.08. The van der Waals surface area contributed by atoms with Crippen molar-refractivity contribution < 1.29 is 18.8 Å². The third kappa shape index (κ3) is 4.19. The first-order valence-electron chi connectivity index (χ1n) is 11.0. The smallest absolute Gasteiger partial charge is 0.321 e. The lowest BCUT2D eigenvalue weighted by Crippen LogP contribution is -2.51. The quantitative estimate of drug-likeness (QED) is 0.670. The fourth-order valence-corrected chi connectivity index (χ4v) is 4.31. The summed E-state index contributed by atoms with van der Waals surface area (Å²) in [6, 6.07) is 18.0. The number of amides is 4. The molecule has 33 heavy (non-hydrogen) atoms. The molecule has 168 valence electrons. The van der Waals surface area contributed by atoms with E-state index in [9.17, 15) is 14.4 Å². The molecule has 2 aliphatic rings. The number of anilines is 2. The number of hydrogen-bond acceptors (Lipinski definition) is 4. The van der Waals surface area contributed by atoms with Crippen LogP contribution >= 0.6 is 0 Å². The molecular weight excluding hydrogens is 420 g/mol. The first kappa shape index (κ1) is 20.8. The van der Waals surface area contributed by atoms with E-state index >= 15 is 0 Å². The van der Waals surface area contributed by atoms with Gasteiger partial charge in [-0.3, -0.25) is 9.59 Å². The standard InChI is InChI=1S/C25H24N4O4/c30-23(29-11-10-18-5-1-2-8-21(18)29)19-6-3-7-20(17-19)26-25(32)28-14-12-27(13-15-28)24(31)22-9-4-16-33-22/h1-9,16-17H,10-15H2,(H,26,32). The van der Waals surface area contributed by atoms with Crippen molar-refractivity contribution in [3.63, 3.8) is 0 Å². The predicted octanol–water partition coefficient (Wildman–Crippen LogP) is 3.47. The van der Waals surface area contributed by atoms with Crippen molar-refractivity contribution >= 4 is 29.2 Å². The van der Waals surface area contributed by atoms with Gasteiger partial charge in [0.2, 0.25) is 0 Å². The van der Waals surface area contributed by atoms with Gasteiger partial charge in [-0.25, -0.2) is 4.79 Å². The van der Waals surface area contributed by atoms with Crippen LogP contribution in [0.25, 0.3) is 0 Å². The molecule has 3 heterocycles. The molecule has 2 aromatic carbocycles. The highest BCUT2D eigenvalue weighted by Crippen LogP contribution is 2.29. The van der Waals surface area contributed by atoms with Crippen molar-refractivity contribution in [2.75, 3.05) is 42.9 Å². The fourth-order valence-electron chi connectivity index (χ4n) is 4.31. The van der Waals surface area contributed by atoms with Gasteiger partial charge in [0.1, 0.15) is 0 Å². The second-order valence-electron chi connectivity index (χ2n) is 8.10. The van der Waals surface area contributed by atoms with Crippen LogP contribution in [-0.2, 0) is 6.42 Å². The number of urea groups is 1. The lowest BCUT2D eigenvalue weighted by atomic mass is 10.1. The summed E-state index contributed by atoms with van der Waals surface area (Å²) in [5.74, 6) is 0.0471. The molecular formula is C25H24N4O4. The molecule has 0 unspecified atom stereocenters. The summed E-state index contributed by atoms with van der Waals surface area (Å²) < 4.78 is 5.17. The van der Waals surface area contributed by atoms with Crippen LogP contribution in [0, 0.1) is 0 Å². The number of nitrogens with zero attached hydrogens (tertiary/aromatic N) is 3.